The first-order valence-electron chi connectivity index (χ1n) is 21.3. The van der Waals surface area contributed by atoms with Crippen molar-refractivity contribution in [1.29, 1.82) is 0 Å². The maximum Gasteiger partial charge on any atom is 0.160 e. The fourth-order valence-corrected chi connectivity index (χ4v) is 11.1. The Kier molecular flexibility index (Phi) is 7.78. The van der Waals surface area contributed by atoms with E-state index in [4.69, 9.17) is 14.4 Å². The molecule has 12 aromatic rings. The molecule has 1 aliphatic rings. The smallest absolute Gasteiger partial charge is 0.160 e. The monoisotopic (exact) mass is 811 g/mol. The summed E-state index contributed by atoms with van der Waals surface area (Å²) in [6.45, 7) is 2.30. The fraction of sp³-hybridized carbons (Fsp3) is 0.0526. The molecule has 0 spiro atoms. The number of nitrogens with zero attached hydrogens (tertiary/aromatic N) is 3. The van der Waals surface area contributed by atoms with Gasteiger partial charge in [-0.2, -0.15) is 0 Å². The van der Waals surface area contributed by atoms with Crippen LogP contribution in [0.4, 0.5) is 0 Å². The van der Waals surface area contributed by atoms with Crippen molar-refractivity contribution in [1.82, 2.24) is 4.57 Å². The van der Waals surface area contributed by atoms with Gasteiger partial charge in [0.05, 0.1) is 28.1 Å². The van der Waals surface area contributed by atoms with E-state index in [9.17, 15) is 0 Å². The molecule has 3 aromatic heterocycles. The zero-order valence-electron chi connectivity index (χ0n) is 33.8. The van der Waals surface area contributed by atoms with Crippen LogP contribution in [0.2, 0.25) is 0 Å². The van der Waals surface area contributed by atoms with Crippen molar-refractivity contribution < 1.29 is 4.42 Å². The van der Waals surface area contributed by atoms with Crippen LogP contribution >= 0.6 is 11.3 Å². The van der Waals surface area contributed by atoms with E-state index in [0.29, 0.717) is 5.84 Å². The highest BCUT2D eigenvalue weighted by Gasteiger charge is 2.26. The zero-order chi connectivity index (χ0) is 40.9. The number of thiophene rings is 1. The van der Waals surface area contributed by atoms with Crippen LogP contribution in [0.5, 0.6) is 0 Å². The number of aliphatic imine (C=N–C) groups is 2. The average Bonchev–Trinajstić information content (AvgIpc) is 4.00. The van der Waals surface area contributed by atoms with Gasteiger partial charge in [0.25, 0.3) is 0 Å². The lowest BCUT2D eigenvalue weighted by Gasteiger charge is -2.20. The van der Waals surface area contributed by atoms with Crippen LogP contribution < -0.4 is 0 Å². The van der Waals surface area contributed by atoms with E-state index in [1.54, 1.807) is 0 Å². The van der Waals surface area contributed by atoms with Gasteiger partial charge in [-0.3, -0.25) is 0 Å². The molecule has 0 saturated heterocycles. The maximum absolute atomic E-state index is 7.04. The van der Waals surface area contributed by atoms with Crippen molar-refractivity contribution in [2.24, 2.45) is 15.9 Å². The van der Waals surface area contributed by atoms with Gasteiger partial charge in [0.15, 0.2) is 11.4 Å². The van der Waals surface area contributed by atoms with Crippen LogP contribution in [0.1, 0.15) is 30.0 Å². The molecule has 0 aliphatic carbocycles. The summed E-state index contributed by atoms with van der Waals surface area (Å²) in [4.78, 5) is 11.4. The normalized spacial score (nSPS) is 17.4. The third-order valence-electron chi connectivity index (χ3n) is 12.9. The molecule has 4 heterocycles. The van der Waals surface area contributed by atoms with Crippen molar-refractivity contribution in [2.45, 2.75) is 13.3 Å². The van der Waals surface area contributed by atoms with Gasteiger partial charge in [-0.05, 0) is 70.4 Å². The predicted molar refractivity (Wildman–Crippen MR) is 264 cm³/mol. The standard InChI is InChI=1S/C57H37N3OS/c1-34-28-30-47(43-24-13-23-42-40-20-8-11-27-52(40)62-56(42)43)58-57(59-54(34)41-22-12-17-35-14-4-5-18-38(35)41)45-29-31-49(55-53(45)44-21-7-10-26-51(44)61-55)60-48-25-9-6-19-39(48)46-32-36-15-2-3-16-37(36)33-50(46)60/h2-27,29-34H,28H2,1H3/b47-30+,58-57-,59-54+. The lowest BCUT2D eigenvalue weighted by Crippen LogP contribution is -2.17. The minimum Gasteiger partial charge on any atom is -0.454 e. The number of para-hydroxylation sites is 2. The highest BCUT2D eigenvalue weighted by Crippen LogP contribution is 2.43. The van der Waals surface area contributed by atoms with Gasteiger partial charge in [0.1, 0.15) is 5.58 Å². The SMILES string of the molecule is CC1C/C=C(c2cccc3c2sc2ccccc23)/N=C(c2ccc(-n3c4ccccc4c4cc5ccccc5cc43)c3oc4ccccc4c23)\N=C/1c1cccc2ccccc12. The van der Waals surface area contributed by atoms with Crippen molar-refractivity contribution in [2.75, 3.05) is 0 Å². The second kappa shape index (κ2) is 13.7. The molecular formula is C57H37N3OS. The van der Waals surface area contributed by atoms with Gasteiger partial charge >= 0.3 is 0 Å². The van der Waals surface area contributed by atoms with Gasteiger partial charge in [-0.1, -0.05) is 153 Å². The molecule has 292 valence electrons. The van der Waals surface area contributed by atoms with Crippen LogP contribution in [-0.2, 0) is 0 Å². The quantitative estimate of drug-likeness (QED) is 0.175. The van der Waals surface area contributed by atoms with Gasteiger partial charge in [0.2, 0.25) is 0 Å². The number of aromatic nitrogens is 1. The van der Waals surface area contributed by atoms with E-state index in [-0.39, 0.29) is 5.92 Å². The summed E-state index contributed by atoms with van der Waals surface area (Å²) in [5.74, 6) is 0.770. The van der Waals surface area contributed by atoms with Crippen molar-refractivity contribution in [3.63, 3.8) is 0 Å². The molecule has 1 aliphatic heterocycles. The fourth-order valence-electron chi connectivity index (χ4n) is 9.91. The highest BCUT2D eigenvalue weighted by atomic mass is 32.1. The van der Waals surface area contributed by atoms with Gasteiger partial charge < -0.3 is 8.98 Å². The number of fused-ring (bicyclic) bond motifs is 11. The van der Waals surface area contributed by atoms with Gasteiger partial charge in [-0.15, -0.1) is 11.3 Å². The third kappa shape index (κ3) is 5.31. The van der Waals surface area contributed by atoms with Crippen LogP contribution in [0, 0.1) is 5.92 Å². The highest BCUT2D eigenvalue weighted by molar-refractivity contribution is 7.26. The maximum atomic E-state index is 7.04. The van der Waals surface area contributed by atoms with Crippen molar-refractivity contribution in [3.8, 4) is 5.69 Å². The molecule has 1 unspecified atom stereocenters. The number of amidine groups is 1. The Bertz CT molecular complexity index is 3930. The van der Waals surface area contributed by atoms with Crippen LogP contribution in [0.25, 0.3) is 96.8 Å². The van der Waals surface area contributed by atoms with E-state index in [1.807, 2.05) is 11.3 Å². The molecule has 0 radical (unpaired) electrons. The lowest BCUT2D eigenvalue weighted by atomic mass is 9.90. The first-order valence-corrected chi connectivity index (χ1v) is 22.1. The summed E-state index contributed by atoms with van der Waals surface area (Å²) in [6, 6.07) is 65.3. The van der Waals surface area contributed by atoms with Crippen LogP contribution in [0.15, 0.2) is 202 Å². The van der Waals surface area contributed by atoms with Crippen LogP contribution in [0.3, 0.4) is 0 Å². The first kappa shape index (κ1) is 35.2. The van der Waals surface area contributed by atoms with Crippen LogP contribution in [-0.4, -0.2) is 16.1 Å². The Labute approximate surface area is 361 Å². The van der Waals surface area contributed by atoms with Gasteiger partial charge in [-0.25, -0.2) is 9.98 Å². The number of allylic oxidation sites excluding steroid dienone is 1. The molecule has 4 nitrogen and oxygen atoms in total. The molecule has 0 saturated carbocycles. The number of hydrogen-bond donors (Lipinski definition) is 0. The first-order chi connectivity index (χ1) is 30.7. The number of furan rings is 1. The second-order valence-corrected chi connectivity index (χ2v) is 17.5. The summed E-state index contributed by atoms with van der Waals surface area (Å²) in [5.41, 5.74) is 10.0. The molecule has 0 N–H and O–H groups in total. The lowest BCUT2D eigenvalue weighted by molar-refractivity contribution is 0.666. The summed E-state index contributed by atoms with van der Waals surface area (Å²) < 4.78 is 11.9. The average molecular weight is 812 g/mol. The Morgan fingerprint density at radius 3 is 2.10 bits per heavy atom. The van der Waals surface area contributed by atoms with Gasteiger partial charge in [0, 0.05) is 64.3 Å². The Balaban J connectivity index is 1.12. The zero-order valence-corrected chi connectivity index (χ0v) is 34.7. The minimum absolute atomic E-state index is 0.103. The summed E-state index contributed by atoms with van der Waals surface area (Å²) in [5, 5.41) is 11.8. The van der Waals surface area contributed by atoms with E-state index < -0.39 is 0 Å². The van der Waals surface area contributed by atoms with E-state index in [0.717, 1.165) is 73.2 Å². The topological polar surface area (TPSA) is 42.8 Å². The Hall–Kier alpha value is -7.60. The number of benzene rings is 9. The summed E-state index contributed by atoms with van der Waals surface area (Å²) in [7, 11) is 0. The van der Waals surface area contributed by atoms with E-state index in [1.165, 1.54) is 52.5 Å². The molecule has 0 bridgehead atoms. The molecule has 0 amide bonds. The predicted octanol–water partition coefficient (Wildman–Crippen LogP) is 15.7. The molecule has 1 atom stereocenters. The van der Waals surface area contributed by atoms with E-state index in [2.05, 4.69) is 200 Å². The van der Waals surface area contributed by atoms with Crippen molar-refractivity contribution >= 4 is 114 Å². The molecule has 5 heteroatoms. The largest absolute Gasteiger partial charge is 0.454 e. The molecule has 62 heavy (non-hydrogen) atoms. The minimum atomic E-state index is 0.103. The van der Waals surface area contributed by atoms with E-state index >= 15 is 0 Å². The third-order valence-corrected chi connectivity index (χ3v) is 14.1. The number of rotatable bonds is 4. The Morgan fingerprint density at radius 1 is 0.532 bits per heavy atom. The molecule has 9 aromatic carbocycles. The molecule has 0 fully saturated rings. The Morgan fingerprint density at radius 2 is 1.21 bits per heavy atom. The van der Waals surface area contributed by atoms with Crippen molar-refractivity contribution in [3.05, 3.63) is 205 Å². The summed E-state index contributed by atoms with van der Waals surface area (Å²) >= 11 is 1.84. The second-order valence-electron chi connectivity index (χ2n) is 16.5. The molecule has 13 rings (SSSR count). The summed E-state index contributed by atoms with van der Waals surface area (Å²) in [6.07, 6.45) is 3.13. The molecular weight excluding hydrogens is 775 g/mol. The number of hydrogen-bond acceptors (Lipinski definition) is 4.